The van der Waals surface area contributed by atoms with Gasteiger partial charge in [0, 0.05) is 18.4 Å². The molecule has 0 bridgehead atoms. The second-order valence-electron chi connectivity index (χ2n) is 3.47. The Balaban J connectivity index is 2.67. The molecule has 0 aliphatic rings. The molecule has 3 N–H and O–H groups in total. The van der Waals surface area contributed by atoms with Crippen LogP contribution in [0.3, 0.4) is 0 Å². The number of hydrogen-bond acceptors (Lipinski definition) is 4. The molecular formula is C11H17N3O3. The third-order valence-corrected chi connectivity index (χ3v) is 2.23. The van der Waals surface area contributed by atoms with Gasteiger partial charge in [0.05, 0.1) is 6.61 Å². The van der Waals surface area contributed by atoms with E-state index in [1.165, 1.54) is 17.2 Å². The lowest BCUT2D eigenvalue weighted by atomic mass is 10.3. The van der Waals surface area contributed by atoms with Crippen molar-refractivity contribution in [2.75, 3.05) is 25.4 Å². The quantitative estimate of drug-likeness (QED) is 0.737. The zero-order chi connectivity index (χ0) is 12.8. The van der Waals surface area contributed by atoms with Crippen LogP contribution in [0.1, 0.15) is 24.3 Å². The highest BCUT2D eigenvalue weighted by molar-refractivity contribution is 5.95. The van der Waals surface area contributed by atoms with Crippen molar-refractivity contribution in [1.29, 1.82) is 0 Å². The molecule has 1 heterocycles. The molecule has 1 aromatic heterocycles. The number of ether oxygens (including phenoxy) is 1. The Morgan fingerprint density at radius 3 is 2.65 bits per heavy atom. The van der Waals surface area contributed by atoms with E-state index in [9.17, 15) is 9.59 Å². The smallest absolute Gasteiger partial charge is 0.325 e. The molecule has 0 unspecified atom stereocenters. The third-order valence-electron chi connectivity index (χ3n) is 2.23. The van der Waals surface area contributed by atoms with Crippen LogP contribution in [-0.2, 0) is 9.53 Å². The van der Waals surface area contributed by atoms with Crippen molar-refractivity contribution in [3.8, 4) is 0 Å². The molecule has 1 aromatic rings. The summed E-state index contributed by atoms with van der Waals surface area (Å²) in [5.41, 5.74) is 6.37. The van der Waals surface area contributed by atoms with Gasteiger partial charge in [0.2, 0.25) is 0 Å². The summed E-state index contributed by atoms with van der Waals surface area (Å²) in [5.74, 6) is -0.681. The number of nitrogens with zero attached hydrogens (tertiary/aromatic N) is 1. The number of aromatic nitrogens is 1. The van der Waals surface area contributed by atoms with Crippen molar-refractivity contribution >= 4 is 17.6 Å². The number of likely N-dealkylation sites (N-methyl/N-ethyl adjacent to an activating group) is 1. The van der Waals surface area contributed by atoms with Gasteiger partial charge in [-0.05, 0) is 19.9 Å². The lowest BCUT2D eigenvalue weighted by molar-refractivity contribution is -0.143. The molecule has 17 heavy (non-hydrogen) atoms. The van der Waals surface area contributed by atoms with Crippen LogP contribution in [0.4, 0.5) is 5.69 Å². The van der Waals surface area contributed by atoms with Gasteiger partial charge in [0.25, 0.3) is 5.91 Å². The minimum absolute atomic E-state index is 0.0535. The van der Waals surface area contributed by atoms with Crippen LogP contribution < -0.4 is 5.73 Å². The summed E-state index contributed by atoms with van der Waals surface area (Å²) < 4.78 is 4.80. The summed E-state index contributed by atoms with van der Waals surface area (Å²) in [6, 6.07) is 1.54. The topological polar surface area (TPSA) is 88.4 Å². The zero-order valence-electron chi connectivity index (χ0n) is 10.0. The number of nitrogens with two attached hydrogens (primary N) is 1. The average Bonchev–Trinajstić information content (AvgIpc) is 2.72. The summed E-state index contributed by atoms with van der Waals surface area (Å²) >= 11 is 0. The molecule has 0 aromatic carbocycles. The monoisotopic (exact) mass is 239 g/mol. The summed E-state index contributed by atoms with van der Waals surface area (Å²) in [7, 11) is 0. The van der Waals surface area contributed by atoms with E-state index in [4.69, 9.17) is 10.5 Å². The number of aromatic amines is 1. The molecule has 0 saturated heterocycles. The van der Waals surface area contributed by atoms with Gasteiger partial charge in [-0.1, -0.05) is 0 Å². The first kappa shape index (κ1) is 13.1. The fraction of sp³-hybridized carbons (Fsp3) is 0.455. The van der Waals surface area contributed by atoms with E-state index < -0.39 is 5.97 Å². The van der Waals surface area contributed by atoms with Gasteiger partial charge in [0.1, 0.15) is 12.2 Å². The van der Waals surface area contributed by atoms with Crippen LogP contribution in [0.15, 0.2) is 12.3 Å². The van der Waals surface area contributed by atoms with Crippen LogP contribution in [0.5, 0.6) is 0 Å². The number of carbonyl (C=O) groups excluding carboxylic acids is 2. The second kappa shape index (κ2) is 5.93. The molecule has 0 radical (unpaired) electrons. The van der Waals surface area contributed by atoms with Crippen LogP contribution in [-0.4, -0.2) is 41.5 Å². The normalized spacial score (nSPS) is 10.0. The predicted molar refractivity (Wildman–Crippen MR) is 63.4 cm³/mol. The molecule has 0 saturated carbocycles. The number of amides is 1. The van der Waals surface area contributed by atoms with Crippen molar-refractivity contribution < 1.29 is 14.3 Å². The Bertz CT molecular complexity index is 400. The van der Waals surface area contributed by atoms with E-state index in [2.05, 4.69) is 4.98 Å². The molecule has 6 heteroatoms. The van der Waals surface area contributed by atoms with Gasteiger partial charge in [-0.3, -0.25) is 9.59 Å². The largest absolute Gasteiger partial charge is 0.465 e. The van der Waals surface area contributed by atoms with Crippen LogP contribution in [0.2, 0.25) is 0 Å². The van der Waals surface area contributed by atoms with E-state index in [-0.39, 0.29) is 12.5 Å². The molecule has 0 aliphatic heterocycles. The Labute approximate surface area is 99.7 Å². The van der Waals surface area contributed by atoms with E-state index in [0.717, 1.165) is 0 Å². The number of esters is 1. The van der Waals surface area contributed by atoms with Crippen molar-refractivity contribution in [2.24, 2.45) is 0 Å². The van der Waals surface area contributed by atoms with E-state index >= 15 is 0 Å². The van der Waals surface area contributed by atoms with E-state index in [1.807, 2.05) is 0 Å². The number of H-pyrrole nitrogens is 1. The fourth-order valence-corrected chi connectivity index (χ4v) is 1.39. The highest BCUT2D eigenvalue weighted by Crippen LogP contribution is 2.08. The van der Waals surface area contributed by atoms with Gasteiger partial charge in [0.15, 0.2) is 0 Å². The maximum absolute atomic E-state index is 12.0. The summed E-state index contributed by atoms with van der Waals surface area (Å²) in [6.07, 6.45) is 1.53. The Kier molecular flexibility index (Phi) is 4.56. The molecule has 1 amide bonds. The zero-order valence-corrected chi connectivity index (χ0v) is 10.0. The Hall–Kier alpha value is -1.98. The van der Waals surface area contributed by atoms with E-state index in [0.29, 0.717) is 24.5 Å². The lowest BCUT2D eigenvalue weighted by Gasteiger charge is -2.18. The number of anilines is 1. The predicted octanol–water partition coefficient (Wildman–Crippen LogP) is 0.622. The maximum atomic E-state index is 12.0. The molecular weight excluding hydrogens is 222 g/mol. The SMILES string of the molecule is CCOC(=O)CN(CC)C(=O)c1cc(N)c[nH]1. The molecule has 0 atom stereocenters. The maximum Gasteiger partial charge on any atom is 0.325 e. The highest BCUT2D eigenvalue weighted by Gasteiger charge is 2.18. The molecule has 0 fully saturated rings. The number of nitrogen functional groups attached to an aromatic ring is 1. The van der Waals surface area contributed by atoms with Gasteiger partial charge in [-0.25, -0.2) is 0 Å². The summed E-state index contributed by atoms with van der Waals surface area (Å²) in [4.78, 5) is 27.4. The first-order chi connectivity index (χ1) is 8.08. The minimum Gasteiger partial charge on any atom is -0.465 e. The fourth-order valence-electron chi connectivity index (χ4n) is 1.39. The average molecular weight is 239 g/mol. The molecule has 0 spiro atoms. The van der Waals surface area contributed by atoms with Gasteiger partial charge in [-0.2, -0.15) is 0 Å². The summed E-state index contributed by atoms with van der Waals surface area (Å²) in [6.45, 7) is 4.20. The van der Waals surface area contributed by atoms with Crippen LogP contribution >= 0.6 is 0 Å². The molecule has 1 rings (SSSR count). The van der Waals surface area contributed by atoms with Gasteiger partial charge in [-0.15, -0.1) is 0 Å². The summed E-state index contributed by atoms with van der Waals surface area (Å²) in [5, 5.41) is 0. The first-order valence-electron chi connectivity index (χ1n) is 5.47. The van der Waals surface area contributed by atoms with Crippen molar-refractivity contribution in [2.45, 2.75) is 13.8 Å². The van der Waals surface area contributed by atoms with Crippen molar-refractivity contribution in [3.63, 3.8) is 0 Å². The van der Waals surface area contributed by atoms with Gasteiger partial charge < -0.3 is 20.4 Å². The molecule has 6 nitrogen and oxygen atoms in total. The van der Waals surface area contributed by atoms with Gasteiger partial charge >= 0.3 is 5.97 Å². The number of nitrogens with one attached hydrogen (secondary N) is 1. The number of carbonyl (C=O) groups is 2. The van der Waals surface area contributed by atoms with Crippen LogP contribution in [0.25, 0.3) is 0 Å². The molecule has 0 aliphatic carbocycles. The Morgan fingerprint density at radius 1 is 1.47 bits per heavy atom. The first-order valence-corrected chi connectivity index (χ1v) is 5.47. The van der Waals surface area contributed by atoms with E-state index in [1.54, 1.807) is 13.8 Å². The highest BCUT2D eigenvalue weighted by atomic mass is 16.5. The standard InChI is InChI=1S/C11H17N3O3/c1-3-14(7-10(15)17-4-2)11(16)9-5-8(12)6-13-9/h5-6,13H,3-4,7,12H2,1-2H3. The minimum atomic E-state index is -0.415. The van der Waals surface area contributed by atoms with Crippen molar-refractivity contribution in [3.05, 3.63) is 18.0 Å². The van der Waals surface area contributed by atoms with Crippen molar-refractivity contribution in [1.82, 2.24) is 9.88 Å². The Morgan fingerprint density at radius 2 is 2.18 bits per heavy atom. The lowest BCUT2D eigenvalue weighted by Crippen LogP contribution is -2.36. The number of hydrogen-bond donors (Lipinski definition) is 2. The van der Waals surface area contributed by atoms with Crippen LogP contribution in [0, 0.1) is 0 Å². The number of rotatable bonds is 5. The second-order valence-corrected chi connectivity index (χ2v) is 3.47. The third kappa shape index (κ3) is 3.51. The molecule has 94 valence electrons.